The van der Waals surface area contributed by atoms with Crippen molar-refractivity contribution in [1.82, 2.24) is 15.2 Å². The van der Waals surface area contributed by atoms with E-state index in [4.69, 9.17) is 5.73 Å². The molecular weight excluding hydrogens is 326 g/mol. The summed E-state index contributed by atoms with van der Waals surface area (Å²) in [6.07, 6.45) is 3.02. The summed E-state index contributed by atoms with van der Waals surface area (Å²) in [4.78, 5) is 16.7. The zero-order valence-corrected chi connectivity index (χ0v) is 14.8. The molecule has 1 heterocycles. The molecule has 3 rings (SSSR count). The summed E-state index contributed by atoms with van der Waals surface area (Å²) in [5.41, 5.74) is 7.51. The smallest absolute Gasteiger partial charge is 0.241 e. The molecule has 0 aliphatic heterocycles. The number of benzene rings is 1. The fraction of sp³-hybridized carbons (Fsp3) is 0.471. The summed E-state index contributed by atoms with van der Waals surface area (Å²) in [7, 11) is 0. The van der Waals surface area contributed by atoms with Crippen molar-refractivity contribution in [3.05, 3.63) is 30.1 Å². The van der Waals surface area contributed by atoms with Crippen LogP contribution >= 0.6 is 12.4 Å². The fourth-order valence-corrected chi connectivity index (χ4v) is 2.53. The molecule has 1 aromatic carbocycles. The SMILES string of the molecule is CC(C)C[C@H](N)C(=O)Nc1cccc(-c2n[nH]c(C3CC3)n2)c1.Cl. The number of anilines is 1. The van der Waals surface area contributed by atoms with E-state index in [9.17, 15) is 4.79 Å². The Morgan fingerprint density at radius 2 is 2.17 bits per heavy atom. The maximum atomic E-state index is 12.1. The molecule has 0 unspecified atom stereocenters. The van der Waals surface area contributed by atoms with Gasteiger partial charge >= 0.3 is 0 Å². The van der Waals surface area contributed by atoms with Crippen LogP contribution in [0.25, 0.3) is 11.4 Å². The molecule has 1 amide bonds. The van der Waals surface area contributed by atoms with Gasteiger partial charge in [-0.05, 0) is 37.3 Å². The lowest BCUT2D eigenvalue weighted by atomic mass is 10.0. The Hall–Kier alpha value is -1.92. The third-order valence-corrected chi connectivity index (χ3v) is 3.92. The molecule has 1 aromatic heterocycles. The number of nitrogens with two attached hydrogens (primary N) is 1. The Morgan fingerprint density at radius 3 is 2.83 bits per heavy atom. The molecule has 1 aliphatic carbocycles. The number of aromatic amines is 1. The molecule has 6 nitrogen and oxygen atoms in total. The van der Waals surface area contributed by atoms with E-state index in [1.54, 1.807) is 0 Å². The largest absolute Gasteiger partial charge is 0.325 e. The summed E-state index contributed by atoms with van der Waals surface area (Å²) in [5, 5.41) is 10.1. The lowest BCUT2D eigenvalue weighted by molar-refractivity contribution is -0.117. The van der Waals surface area contributed by atoms with Gasteiger partial charge in [0.05, 0.1) is 6.04 Å². The van der Waals surface area contributed by atoms with Crippen molar-refractivity contribution in [3.63, 3.8) is 0 Å². The van der Waals surface area contributed by atoms with E-state index >= 15 is 0 Å². The highest BCUT2D eigenvalue weighted by Crippen LogP contribution is 2.38. The molecule has 7 heteroatoms. The fourth-order valence-electron chi connectivity index (χ4n) is 2.53. The predicted octanol–water partition coefficient (Wildman–Crippen LogP) is 3.08. The van der Waals surface area contributed by atoms with Crippen LogP contribution in [-0.4, -0.2) is 27.1 Å². The molecule has 24 heavy (non-hydrogen) atoms. The van der Waals surface area contributed by atoms with Gasteiger partial charge in [0.15, 0.2) is 5.82 Å². The molecule has 1 atom stereocenters. The van der Waals surface area contributed by atoms with Crippen molar-refractivity contribution < 1.29 is 4.79 Å². The van der Waals surface area contributed by atoms with Crippen LogP contribution in [0, 0.1) is 5.92 Å². The number of hydrogen-bond acceptors (Lipinski definition) is 4. The number of carbonyl (C=O) groups excluding carboxylic acids is 1. The monoisotopic (exact) mass is 349 g/mol. The van der Waals surface area contributed by atoms with Crippen LogP contribution in [0.2, 0.25) is 0 Å². The van der Waals surface area contributed by atoms with Crippen molar-refractivity contribution in [2.24, 2.45) is 11.7 Å². The first kappa shape index (κ1) is 18.4. The molecule has 1 fully saturated rings. The van der Waals surface area contributed by atoms with Gasteiger partial charge in [-0.15, -0.1) is 12.4 Å². The number of rotatable bonds is 6. The van der Waals surface area contributed by atoms with Crippen molar-refractivity contribution in [1.29, 1.82) is 0 Å². The van der Waals surface area contributed by atoms with Gasteiger partial charge in [0.1, 0.15) is 5.82 Å². The van der Waals surface area contributed by atoms with Gasteiger partial charge < -0.3 is 11.1 Å². The molecule has 0 radical (unpaired) electrons. The summed E-state index contributed by atoms with van der Waals surface area (Å²) in [6.45, 7) is 4.10. The third-order valence-electron chi connectivity index (χ3n) is 3.92. The van der Waals surface area contributed by atoms with E-state index < -0.39 is 6.04 Å². The molecule has 2 aromatic rings. The number of carbonyl (C=O) groups is 1. The zero-order chi connectivity index (χ0) is 16.4. The topological polar surface area (TPSA) is 96.7 Å². The first-order chi connectivity index (χ1) is 11.0. The maximum Gasteiger partial charge on any atom is 0.241 e. The number of aromatic nitrogens is 3. The third kappa shape index (κ3) is 4.55. The molecule has 0 bridgehead atoms. The van der Waals surface area contributed by atoms with E-state index in [2.05, 4.69) is 34.3 Å². The number of hydrogen-bond donors (Lipinski definition) is 3. The Balaban J connectivity index is 0.00000208. The first-order valence-corrected chi connectivity index (χ1v) is 8.12. The molecule has 1 saturated carbocycles. The molecule has 0 spiro atoms. The van der Waals surface area contributed by atoms with Crippen LogP contribution in [0.1, 0.15) is 44.9 Å². The van der Waals surface area contributed by atoms with Crippen LogP contribution in [0.3, 0.4) is 0 Å². The number of halogens is 1. The Morgan fingerprint density at radius 1 is 1.42 bits per heavy atom. The summed E-state index contributed by atoms with van der Waals surface area (Å²) in [6, 6.07) is 7.04. The van der Waals surface area contributed by atoms with E-state index in [1.807, 2.05) is 24.3 Å². The number of nitrogens with zero attached hydrogens (tertiary/aromatic N) is 2. The van der Waals surface area contributed by atoms with Crippen LogP contribution in [0.15, 0.2) is 24.3 Å². The summed E-state index contributed by atoms with van der Waals surface area (Å²) in [5.74, 6) is 2.37. The second kappa shape index (κ2) is 7.77. The Bertz CT molecular complexity index is 696. The molecule has 1 aliphatic rings. The highest BCUT2D eigenvalue weighted by atomic mass is 35.5. The van der Waals surface area contributed by atoms with E-state index in [1.165, 1.54) is 12.8 Å². The molecule has 4 N–H and O–H groups in total. The summed E-state index contributed by atoms with van der Waals surface area (Å²) < 4.78 is 0. The van der Waals surface area contributed by atoms with Crippen LogP contribution in [0.5, 0.6) is 0 Å². The number of amides is 1. The van der Waals surface area contributed by atoms with Crippen LogP contribution < -0.4 is 11.1 Å². The first-order valence-electron chi connectivity index (χ1n) is 8.12. The standard InChI is InChI=1S/C17H23N5O.ClH/c1-10(2)8-14(18)17(23)19-13-5-3-4-12(9-13)16-20-15(21-22-16)11-6-7-11;/h3-5,9-11,14H,6-8,18H2,1-2H3,(H,19,23)(H,20,21,22);1H/t14-;/m0./s1. The minimum atomic E-state index is -0.497. The minimum absolute atomic E-state index is 0. The van der Waals surface area contributed by atoms with E-state index in [0.717, 1.165) is 11.4 Å². The normalized spacial score (nSPS) is 15.0. The average Bonchev–Trinajstić information content (AvgIpc) is 3.24. The van der Waals surface area contributed by atoms with Crippen LogP contribution in [0.4, 0.5) is 5.69 Å². The van der Waals surface area contributed by atoms with Gasteiger partial charge in [-0.2, -0.15) is 5.10 Å². The number of H-pyrrole nitrogens is 1. The van der Waals surface area contributed by atoms with Gasteiger partial charge in [0, 0.05) is 17.2 Å². The lowest BCUT2D eigenvalue weighted by Crippen LogP contribution is -2.36. The highest BCUT2D eigenvalue weighted by molar-refractivity contribution is 5.95. The van der Waals surface area contributed by atoms with Crippen molar-refractivity contribution >= 4 is 24.0 Å². The maximum absolute atomic E-state index is 12.1. The zero-order valence-electron chi connectivity index (χ0n) is 14.0. The molecular formula is C17H24ClN5O. The number of nitrogens with one attached hydrogen (secondary N) is 2. The minimum Gasteiger partial charge on any atom is -0.325 e. The van der Waals surface area contributed by atoms with Gasteiger partial charge in [0.25, 0.3) is 0 Å². The summed E-state index contributed by atoms with van der Waals surface area (Å²) >= 11 is 0. The van der Waals surface area contributed by atoms with Gasteiger partial charge in [-0.1, -0.05) is 26.0 Å². The second-order valence-electron chi connectivity index (χ2n) is 6.62. The Kier molecular flexibility index (Phi) is 5.96. The van der Waals surface area contributed by atoms with Crippen molar-refractivity contribution in [3.8, 4) is 11.4 Å². The van der Waals surface area contributed by atoms with Crippen molar-refractivity contribution in [2.45, 2.75) is 45.1 Å². The van der Waals surface area contributed by atoms with E-state index in [0.29, 0.717) is 29.8 Å². The van der Waals surface area contributed by atoms with Gasteiger partial charge in [-0.3, -0.25) is 9.89 Å². The molecule has 130 valence electrons. The van der Waals surface area contributed by atoms with E-state index in [-0.39, 0.29) is 18.3 Å². The lowest BCUT2D eigenvalue weighted by Gasteiger charge is -2.14. The van der Waals surface area contributed by atoms with Crippen LogP contribution in [-0.2, 0) is 4.79 Å². The van der Waals surface area contributed by atoms with Gasteiger partial charge in [0.2, 0.25) is 5.91 Å². The van der Waals surface area contributed by atoms with Crippen molar-refractivity contribution in [2.75, 3.05) is 5.32 Å². The van der Waals surface area contributed by atoms with Gasteiger partial charge in [-0.25, -0.2) is 4.98 Å². The average molecular weight is 350 g/mol. The second-order valence-corrected chi connectivity index (χ2v) is 6.62. The predicted molar refractivity (Wildman–Crippen MR) is 97.1 cm³/mol. The highest BCUT2D eigenvalue weighted by Gasteiger charge is 2.27. The molecule has 0 saturated heterocycles. The Labute approximate surface area is 148 Å². The quantitative estimate of drug-likeness (QED) is 0.746.